The van der Waals surface area contributed by atoms with Crippen LogP contribution in [0.2, 0.25) is 0 Å². The van der Waals surface area contributed by atoms with Crippen LogP contribution in [-0.2, 0) is 0 Å². The second-order valence-electron chi connectivity index (χ2n) is 7.95. The molecular formula is C19H29N5O2. The fourth-order valence-electron chi connectivity index (χ4n) is 4.04. The number of likely N-dealkylation sites (N-methyl/N-ethyl adjacent to an activating group) is 1. The molecule has 3 heterocycles. The Bertz CT molecular complexity index is 625. The molecule has 4 rings (SSSR count). The highest BCUT2D eigenvalue weighted by molar-refractivity contribution is 5.93. The van der Waals surface area contributed by atoms with Crippen molar-refractivity contribution in [3.8, 4) is 0 Å². The first-order chi connectivity index (χ1) is 12.6. The molecule has 1 aromatic rings. The number of nitrogens with zero attached hydrogens (tertiary/aromatic N) is 5. The zero-order chi connectivity index (χ0) is 18.1. The zero-order valence-electron chi connectivity index (χ0n) is 15.5. The van der Waals surface area contributed by atoms with Gasteiger partial charge in [0.2, 0.25) is 0 Å². The third-order valence-corrected chi connectivity index (χ3v) is 5.99. The van der Waals surface area contributed by atoms with Gasteiger partial charge in [0.05, 0.1) is 11.7 Å². The second kappa shape index (κ2) is 7.58. The van der Waals surface area contributed by atoms with E-state index in [0.29, 0.717) is 31.0 Å². The molecule has 1 N–H and O–H groups in total. The van der Waals surface area contributed by atoms with E-state index in [0.717, 1.165) is 51.3 Å². The summed E-state index contributed by atoms with van der Waals surface area (Å²) < 4.78 is 0. The topological polar surface area (TPSA) is 72.8 Å². The van der Waals surface area contributed by atoms with E-state index in [4.69, 9.17) is 0 Å². The van der Waals surface area contributed by atoms with Gasteiger partial charge in [-0.05, 0) is 32.7 Å². The molecule has 2 aliphatic heterocycles. The predicted molar refractivity (Wildman–Crippen MR) is 98.0 cm³/mol. The van der Waals surface area contributed by atoms with Crippen molar-refractivity contribution in [1.29, 1.82) is 0 Å². The van der Waals surface area contributed by atoms with Gasteiger partial charge < -0.3 is 14.9 Å². The molecule has 2 saturated heterocycles. The minimum atomic E-state index is -0.371. The van der Waals surface area contributed by atoms with E-state index in [1.54, 1.807) is 12.4 Å². The summed E-state index contributed by atoms with van der Waals surface area (Å²) in [6, 6.07) is 0.148. The molecule has 1 saturated carbocycles. The zero-order valence-corrected chi connectivity index (χ0v) is 15.5. The number of likely N-dealkylation sites (tertiary alicyclic amines) is 1. The Kier molecular flexibility index (Phi) is 5.20. The smallest absolute Gasteiger partial charge is 0.256 e. The fraction of sp³-hybridized carbons (Fsp3) is 0.737. The van der Waals surface area contributed by atoms with Gasteiger partial charge in [0.25, 0.3) is 5.91 Å². The molecule has 0 spiro atoms. The molecule has 0 aromatic carbocycles. The van der Waals surface area contributed by atoms with E-state index in [1.165, 1.54) is 0 Å². The lowest BCUT2D eigenvalue weighted by Gasteiger charge is -2.39. The summed E-state index contributed by atoms with van der Waals surface area (Å²) in [5, 5.41) is 10.6. The van der Waals surface area contributed by atoms with Gasteiger partial charge in [0, 0.05) is 63.6 Å². The summed E-state index contributed by atoms with van der Waals surface area (Å²) in [5.41, 5.74) is 0.557. The number of carbonyl (C=O) groups excluding carboxylic acids is 1. The third kappa shape index (κ3) is 3.89. The highest BCUT2D eigenvalue weighted by Gasteiger charge is 2.33. The number of piperazine rings is 1. The van der Waals surface area contributed by atoms with E-state index in [-0.39, 0.29) is 18.1 Å². The Balaban J connectivity index is 1.38. The van der Waals surface area contributed by atoms with Crippen LogP contribution in [0.25, 0.3) is 0 Å². The molecule has 142 valence electrons. The average Bonchev–Trinajstić information content (AvgIpc) is 3.51. The molecule has 0 unspecified atom stereocenters. The number of amides is 1. The highest BCUT2D eigenvalue weighted by atomic mass is 16.3. The van der Waals surface area contributed by atoms with E-state index in [2.05, 4.69) is 26.8 Å². The number of carbonyl (C=O) groups is 1. The van der Waals surface area contributed by atoms with Gasteiger partial charge in [-0.1, -0.05) is 0 Å². The van der Waals surface area contributed by atoms with Gasteiger partial charge in [-0.15, -0.1) is 0 Å². The molecule has 7 nitrogen and oxygen atoms in total. The van der Waals surface area contributed by atoms with Crippen LogP contribution in [0.3, 0.4) is 0 Å². The van der Waals surface area contributed by atoms with E-state index in [1.807, 2.05) is 4.90 Å². The van der Waals surface area contributed by atoms with Gasteiger partial charge in [-0.2, -0.15) is 0 Å². The predicted octanol–water partition coefficient (Wildman–Crippen LogP) is 0.567. The second-order valence-corrected chi connectivity index (χ2v) is 7.95. The van der Waals surface area contributed by atoms with Crippen LogP contribution < -0.4 is 0 Å². The van der Waals surface area contributed by atoms with Crippen LogP contribution in [0, 0.1) is 0 Å². The normalized spacial score (nSPS) is 28.8. The maximum atomic E-state index is 12.8. The van der Waals surface area contributed by atoms with Gasteiger partial charge in [-0.25, -0.2) is 9.97 Å². The van der Waals surface area contributed by atoms with Crippen molar-refractivity contribution in [3.05, 3.63) is 23.8 Å². The summed E-state index contributed by atoms with van der Waals surface area (Å²) in [5.74, 6) is 1.35. The van der Waals surface area contributed by atoms with Gasteiger partial charge in [-0.3, -0.25) is 9.69 Å². The van der Waals surface area contributed by atoms with Crippen LogP contribution in [0.5, 0.6) is 0 Å². The van der Waals surface area contributed by atoms with Crippen LogP contribution in [0.15, 0.2) is 12.4 Å². The number of rotatable bonds is 3. The lowest BCUT2D eigenvalue weighted by Crippen LogP contribution is -2.52. The van der Waals surface area contributed by atoms with Gasteiger partial charge in [0.1, 0.15) is 5.82 Å². The van der Waals surface area contributed by atoms with Gasteiger partial charge in [0.15, 0.2) is 0 Å². The largest absolute Gasteiger partial charge is 0.391 e. The fourth-order valence-corrected chi connectivity index (χ4v) is 4.04. The van der Waals surface area contributed by atoms with E-state index in [9.17, 15) is 9.90 Å². The number of aliphatic hydroxyl groups is 1. The minimum Gasteiger partial charge on any atom is -0.391 e. The number of hydrogen-bond acceptors (Lipinski definition) is 6. The maximum absolute atomic E-state index is 12.8. The SMILES string of the molecule is CN1CCN([C@H]2CCN(C(=O)c3cnc(C4CC4)nc3)CC[C@@H]2O)CC1. The monoisotopic (exact) mass is 359 g/mol. The van der Waals surface area contributed by atoms with Crippen molar-refractivity contribution in [2.45, 2.75) is 43.7 Å². The number of aliphatic hydroxyl groups excluding tert-OH is 1. The summed E-state index contributed by atoms with van der Waals surface area (Å²) in [4.78, 5) is 28.1. The first kappa shape index (κ1) is 17.8. The molecular weight excluding hydrogens is 330 g/mol. The number of hydrogen-bond donors (Lipinski definition) is 1. The summed E-state index contributed by atoms with van der Waals surface area (Å²) >= 11 is 0. The molecule has 0 radical (unpaired) electrons. The van der Waals surface area contributed by atoms with Crippen molar-refractivity contribution < 1.29 is 9.90 Å². The Labute approximate surface area is 155 Å². The molecule has 7 heteroatoms. The lowest BCUT2D eigenvalue weighted by atomic mass is 10.0. The van der Waals surface area contributed by atoms with Crippen LogP contribution in [0.1, 0.15) is 47.8 Å². The molecule has 1 aromatic heterocycles. The van der Waals surface area contributed by atoms with Crippen molar-refractivity contribution in [1.82, 2.24) is 24.7 Å². The van der Waals surface area contributed by atoms with Crippen molar-refractivity contribution in [3.63, 3.8) is 0 Å². The third-order valence-electron chi connectivity index (χ3n) is 5.99. The standard InChI is InChI=1S/C19H29N5O2/c1-22-8-10-23(11-9-22)16-4-6-24(7-5-17(16)25)19(26)15-12-20-18(21-13-15)14-2-3-14/h12-14,16-17,25H,2-11H2,1H3/t16-,17-/m0/s1. The Morgan fingerprint density at radius 1 is 1.00 bits per heavy atom. The van der Waals surface area contributed by atoms with Crippen molar-refractivity contribution in [2.75, 3.05) is 46.3 Å². The summed E-state index contributed by atoms with van der Waals surface area (Å²) in [6.45, 7) is 5.32. The molecule has 1 aliphatic carbocycles. The first-order valence-corrected chi connectivity index (χ1v) is 9.83. The Morgan fingerprint density at radius 3 is 2.31 bits per heavy atom. The Morgan fingerprint density at radius 2 is 1.65 bits per heavy atom. The maximum Gasteiger partial charge on any atom is 0.256 e. The quantitative estimate of drug-likeness (QED) is 0.851. The molecule has 26 heavy (non-hydrogen) atoms. The van der Waals surface area contributed by atoms with Crippen molar-refractivity contribution in [2.24, 2.45) is 0 Å². The lowest BCUT2D eigenvalue weighted by molar-refractivity contribution is 0.0224. The highest BCUT2D eigenvalue weighted by Crippen LogP contribution is 2.37. The minimum absolute atomic E-state index is 0.0152. The van der Waals surface area contributed by atoms with Crippen LogP contribution in [0.4, 0.5) is 0 Å². The molecule has 2 atom stereocenters. The first-order valence-electron chi connectivity index (χ1n) is 9.83. The van der Waals surface area contributed by atoms with Crippen LogP contribution >= 0.6 is 0 Å². The van der Waals surface area contributed by atoms with E-state index >= 15 is 0 Å². The van der Waals surface area contributed by atoms with Gasteiger partial charge >= 0.3 is 0 Å². The number of aromatic nitrogens is 2. The Hall–Kier alpha value is -1.57. The molecule has 1 amide bonds. The molecule has 0 bridgehead atoms. The van der Waals surface area contributed by atoms with E-state index < -0.39 is 0 Å². The molecule has 3 fully saturated rings. The van der Waals surface area contributed by atoms with Crippen molar-refractivity contribution >= 4 is 5.91 Å². The van der Waals surface area contributed by atoms with Crippen LogP contribution in [-0.4, -0.2) is 94.1 Å². The molecule has 3 aliphatic rings. The summed E-state index contributed by atoms with van der Waals surface area (Å²) in [7, 11) is 2.14. The summed E-state index contributed by atoms with van der Waals surface area (Å²) in [6.07, 6.45) is 6.73. The average molecular weight is 359 g/mol.